The van der Waals surface area contributed by atoms with Crippen LogP contribution < -0.4 is 0 Å². The molecular weight excluding hydrogens is 422 g/mol. The summed E-state index contributed by atoms with van der Waals surface area (Å²) < 4.78 is 2.43. The molecule has 1 nitrogen and oxygen atoms in total. The second-order valence-electron chi connectivity index (χ2n) is 11.5. The molecule has 6 aromatic rings. The summed E-state index contributed by atoms with van der Waals surface area (Å²) in [5, 5.41) is 8.12. The van der Waals surface area contributed by atoms with Crippen LogP contribution in [0.3, 0.4) is 0 Å². The first kappa shape index (κ1) is 23.2. The van der Waals surface area contributed by atoms with Crippen molar-refractivity contribution in [2.24, 2.45) is 0 Å². The minimum absolute atomic E-state index is 0.0999. The molecule has 0 saturated heterocycles. The maximum absolute atomic E-state index is 2.43. The van der Waals surface area contributed by atoms with Crippen molar-refractivity contribution in [2.45, 2.75) is 52.5 Å². The van der Waals surface area contributed by atoms with E-state index in [2.05, 4.69) is 149 Å². The van der Waals surface area contributed by atoms with Gasteiger partial charge in [-0.2, -0.15) is 0 Å². The van der Waals surface area contributed by atoms with Crippen LogP contribution in [0.2, 0.25) is 0 Å². The SMILES string of the molecule is CC(C)(C)c1c2ccccc2cc2ccccc12.CC(C)(C)n1c2ccccc2c2ccccc21. The molecule has 6 rings (SSSR count). The van der Waals surface area contributed by atoms with Gasteiger partial charge in [0.15, 0.2) is 0 Å². The summed E-state index contributed by atoms with van der Waals surface area (Å²) in [6.45, 7) is 13.6. The molecule has 0 unspecified atom stereocenters. The Bertz CT molecular complexity index is 1540. The summed E-state index contributed by atoms with van der Waals surface area (Å²) in [5.74, 6) is 0. The summed E-state index contributed by atoms with van der Waals surface area (Å²) in [7, 11) is 0. The highest BCUT2D eigenvalue weighted by atomic mass is 15.0. The number of aromatic nitrogens is 1. The van der Waals surface area contributed by atoms with Gasteiger partial charge in [0.2, 0.25) is 0 Å². The van der Waals surface area contributed by atoms with Crippen molar-refractivity contribution in [3.05, 3.63) is 109 Å². The van der Waals surface area contributed by atoms with Gasteiger partial charge in [-0.05, 0) is 71.5 Å². The van der Waals surface area contributed by atoms with Crippen molar-refractivity contribution in [1.82, 2.24) is 4.57 Å². The smallest absolute Gasteiger partial charge is 0.0496 e. The van der Waals surface area contributed by atoms with E-state index in [0.29, 0.717) is 0 Å². The molecule has 1 heterocycles. The molecule has 1 heteroatoms. The Morgan fingerprint density at radius 1 is 0.457 bits per heavy atom. The van der Waals surface area contributed by atoms with Gasteiger partial charge in [0.25, 0.3) is 0 Å². The van der Waals surface area contributed by atoms with Crippen LogP contribution in [0, 0.1) is 0 Å². The van der Waals surface area contributed by atoms with E-state index in [9.17, 15) is 0 Å². The van der Waals surface area contributed by atoms with Crippen molar-refractivity contribution < 1.29 is 0 Å². The lowest BCUT2D eigenvalue weighted by atomic mass is 9.80. The van der Waals surface area contributed by atoms with Crippen LogP contribution in [-0.4, -0.2) is 4.57 Å². The molecule has 0 atom stereocenters. The van der Waals surface area contributed by atoms with Gasteiger partial charge in [0.1, 0.15) is 0 Å². The Kier molecular flexibility index (Phi) is 5.68. The Morgan fingerprint density at radius 3 is 1.23 bits per heavy atom. The maximum atomic E-state index is 2.43. The predicted octanol–water partition coefficient (Wildman–Crippen LogP) is 9.84. The molecular formula is C34H35N. The highest BCUT2D eigenvalue weighted by Gasteiger charge is 2.20. The number of nitrogens with zero attached hydrogens (tertiary/aromatic N) is 1. The quantitative estimate of drug-likeness (QED) is 0.200. The third kappa shape index (κ3) is 4.21. The van der Waals surface area contributed by atoms with Gasteiger partial charge in [-0.1, -0.05) is 106 Å². The summed E-state index contributed by atoms with van der Waals surface area (Å²) in [6.07, 6.45) is 0. The van der Waals surface area contributed by atoms with Crippen molar-refractivity contribution in [1.29, 1.82) is 0 Å². The first-order valence-electron chi connectivity index (χ1n) is 12.6. The van der Waals surface area contributed by atoms with E-state index >= 15 is 0 Å². The first-order chi connectivity index (χ1) is 16.7. The van der Waals surface area contributed by atoms with Gasteiger partial charge in [0.05, 0.1) is 0 Å². The van der Waals surface area contributed by atoms with Crippen LogP contribution in [0.4, 0.5) is 0 Å². The van der Waals surface area contributed by atoms with Crippen LogP contribution in [0.5, 0.6) is 0 Å². The van der Waals surface area contributed by atoms with E-state index in [1.54, 1.807) is 0 Å². The van der Waals surface area contributed by atoms with Gasteiger partial charge >= 0.3 is 0 Å². The zero-order chi connectivity index (χ0) is 24.8. The second-order valence-corrected chi connectivity index (χ2v) is 11.5. The monoisotopic (exact) mass is 457 g/mol. The lowest BCUT2D eigenvalue weighted by Gasteiger charge is -2.24. The molecule has 35 heavy (non-hydrogen) atoms. The molecule has 5 aromatic carbocycles. The molecule has 0 fully saturated rings. The third-order valence-electron chi connectivity index (χ3n) is 6.77. The fourth-order valence-corrected chi connectivity index (χ4v) is 5.47. The van der Waals surface area contributed by atoms with Crippen LogP contribution in [0.1, 0.15) is 47.1 Å². The molecule has 0 bridgehead atoms. The van der Waals surface area contributed by atoms with Crippen LogP contribution in [0.15, 0.2) is 103 Å². The van der Waals surface area contributed by atoms with Gasteiger partial charge in [-0.3, -0.25) is 0 Å². The molecule has 0 radical (unpaired) electrons. The first-order valence-corrected chi connectivity index (χ1v) is 12.6. The number of benzene rings is 5. The Morgan fingerprint density at radius 2 is 0.829 bits per heavy atom. The van der Waals surface area contributed by atoms with Gasteiger partial charge in [-0.25, -0.2) is 0 Å². The zero-order valence-corrected chi connectivity index (χ0v) is 21.8. The number of hydrogen-bond acceptors (Lipinski definition) is 0. The number of rotatable bonds is 0. The molecule has 0 aliphatic heterocycles. The maximum Gasteiger partial charge on any atom is 0.0496 e. The fourth-order valence-electron chi connectivity index (χ4n) is 5.47. The molecule has 176 valence electrons. The zero-order valence-electron chi connectivity index (χ0n) is 21.8. The van der Waals surface area contributed by atoms with E-state index in [-0.39, 0.29) is 11.0 Å². The Hall–Kier alpha value is -3.58. The fraction of sp³-hybridized carbons (Fsp3) is 0.235. The molecule has 0 aliphatic carbocycles. The lowest BCUT2D eigenvalue weighted by Crippen LogP contribution is -2.21. The average Bonchev–Trinajstić information content (AvgIpc) is 3.17. The minimum atomic E-state index is 0.0999. The van der Waals surface area contributed by atoms with Crippen LogP contribution >= 0.6 is 0 Å². The van der Waals surface area contributed by atoms with E-state index in [4.69, 9.17) is 0 Å². The number of hydrogen-bond donors (Lipinski definition) is 0. The van der Waals surface area contributed by atoms with E-state index < -0.39 is 0 Å². The van der Waals surface area contributed by atoms with Gasteiger partial charge in [-0.15, -0.1) is 0 Å². The second kappa shape index (κ2) is 8.57. The van der Waals surface area contributed by atoms with Crippen LogP contribution in [0.25, 0.3) is 43.4 Å². The molecule has 0 aliphatic rings. The van der Waals surface area contributed by atoms with Gasteiger partial charge in [0, 0.05) is 27.3 Å². The highest BCUT2D eigenvalue weighted by molar-refractivity contribution is 6.08. The number of fused-ring (bicyclic) bond motifs is 5. The normalized spacial score (nSPS) is 12.3. The highest BCUT2D eigenvalue weighted by Crippen LogP contribution is 2.37. The van der Waals surface area contributed by atoms with E-state index in [1.165, 1.54) is 48.9 Å². The van der Waals surface area contributed by atoms with Gasteiger partial charge < -0.3 is 4.57 Å². The summed E-state index contributed by atoms with van der Waals surface area (Å²) in [4.78, 5) is 0. The summed E-state index contributed by atoms with van der Waals surface area (Å²) in [5.41, 5.74) is 4.35. The molecule has 0 saturated carbocycles. The van der Waals surface area contributed by atoms with Crippen molar-refractivity contribution in [2.75, 3.05) is 0 Å². The largest absolute Gasteiger partial charge is 0.335 e. The van der Waals surface area contributed by atoms with E-state index in [0.717, 1.165) is 0 Å². The topological polar surface area (TPSA) is 4.93 Å². The predicted molar refractivity (Wildman–Crippen MR) is 155 cm³/mol. The number of para-hydroxylation sites is 2. The Labute approximate surface area is 209 Å². The van der Waals surface area contributed by atoms with Crippen molar-refractivity contribution in [3.63, 3.8) is 0 Å². The van der Waals surface area contributed by atoms with Crippen molar-refractivity contribution >= 4 is 43.4 Å². The molecule has 0 amide bonds. The van der Waals surface area contributed by atoms with Crippen LogP contribution in [-0.2, 0) is 11.0 Å². The molecule has 1 aromatic heterocycles. The molecule has 0 N–H and O–H groups in total. The third-order valence-corrected chi connectivity index (χ3v) is 6.77. The summed E-state index contributed by atoms with van der Waals surface area (Å²) in [6, 6.07) is 37.0. The average molecular weight is 458 g/mol. The minimum Gasteiger partial charge on any atom is -0.335 e. The molecule has 0 spiro atoms. The Balaban J connectivity index is 0.000000145. The standard InChI is InChI=1S/C18H18.C16H17N/c1-18(2,3)17-15-10-6-4-8-13(15)12-14-9-5-7-11-16(14)17;1-16(2,3)17-14-10-6-4-8-12(14)13-9-5-7-11-15(13)17/h4-12H,1-3H3;4-11H,1-3H3. The summed E-state index contributed by atoms with van der Waals surface area (Å²) >= 11 is 0. The lowest BCUT2D eigenvalue weighted by molar-refractivity contribution is 0.423. The van der Waals surface area contributed by atoms with Crippen molar-refractivity contribution in [3.8, 4) is 0 Å². The van der Waals surface area contributed by atoms with E-state index in [1.807, 2.05) is 0 Å².